The number of rotatable bonds is 3. The molecule has 1 aliphatic rings. The molecule has 0 spiro atoms. The minimum Gasteiger partial charge on any atom is -0.326 e. The molecule has 2 nitrogen and oxygen atoms in total. The predicted octanol–water partition coefficient (Wildman–Crippen LogP) is 3.51. The lowest BCUT2D eigenvalue weighted by Gasteiger charge is -2.37. The van der Waals surface area contributed by atoms with Crippen molar-refractivity contribution in [3.63, 3.8) is 0 Å². The monoisotopic (exact) mass is 260 g/mol. The molecule has 2 atom stereocenters. The van der Waals surface area contributed by atoms with E-state index >= 15 is 0 Å². The van der Waals surface area contributed by atoms with E-state index in [1.807, 2.05) is 0 Å². The maximum Gasteiger partial charge on any atom is 0.0504 e. The maximum atomic E-state index is 6.52. The van der Waals surface area contributed by atoms with Gasteiger partial charge < -0.3 is 5.73 Å². The van der Waals surface area contributed by atoms with E-state index in [-0.39, 0.29) is 6.04 Å². The van der Waals surface area contributed by atoms with Crippen LogP contribution in [0.4, 0.5) is 0 Å². The van der Waals surface area contributed by atoms with Crippen LogP contribution in [0.2, 0.25) is 0 Å². The summed E-state index contributed by atoms with van der Waals surface area (Å²) in [5, 5.41) is 0. The van der Waals surface area contributed by atoms with E-state index in [1.165, 1.54) is 30.5 Å². The first-order valence-corrected chi connectivity index (χ1v) is 7.74. The third-order valence-corrected chi connectivity index (χ3v) is 4.38. The lowest BCUT2D eigenvalue weighted by molar-refractivity contribution is 0.143. The second-order valence-corrected chi connectivity index (χ2v) is 5.99. The van der Waals surface area contributed by atoms with E-state index < -0.39 is 0 Å². The van der Waals surface area contributed by atoms with Gasteiger partial charge in [0.2, 0.25) is 0 Å². The van der Waals surface area contributed by atoms with Gasteiger partial charge in [-0.3, -0.25) is 4.90 Å². The maximum absolute atomic E-state index is 6.52. The Hall–Kier alpha value is -0.860. The molecule has 19 heavy (non-hydrogen) atoms. The van der Waals surface area contributed by atoms with Crippen LogP contribution in [0.1, 0.15) is 57.2 Å². The lowest BCUT2D eigenvalue weighted by atomic mass is 9.91. The quantitative estimate of drug-likeness (QED) is 0.901. The van der Waals surface area contributed by atoms with Crippen LogP contribution < -0.4 is 5.73 Å². The molecule has 2 rings (SSSR count). The second-order valence-electron chi connectivity index (χ2n) is 5.99. The van der Waals surface area contributed by atoms with Gasteiger partial charge in [0.25, 0.3) is 0 Å². The summed E-state index contributed by atoms with van der Waals surface area (Å²) < 4.78 is 0. The molecule has 2 unspecified atom stereocenters. The summed E-state index contributed by atoms with van der Waals surface area (Å²) in [6.45, 7) is 7.99. The Bertz CT molecular complexity index is 400. The average molecular weight is 260 g/mol. The Morgan fingerprint density at radius 2 is 2.00 bits per heavy atom. The van der Waals surface area contributed by atoms with Crippen molar-refractivity contribution < 1.29 is 0 Å². The van der Waals surface area contributed by atoms with Crippen LogP contribution in [0.25, 0.3) is 0 Å². The van der Waals surface area contributed by atoms with Crippen LogP contribution in [0.3, 0.4) is 0 Å². The zero-order valence-corrected chi connectivity index (χ0v) is 12.6. The van der Waals surface area contributed by atoms with Crippen LogP contribution in [0.15, 0.2) is 24.3 Å². The summed E-state index contributed by atoms with van der Waals surface area (Å²) in [4.78, 5) is 2.60. The zero-order chi connectivity index (χ0) is 13.8. The molecular weight excluding hydrogens is 232 g/mol. The third-order valence-electron chi connectivity index (χ3n) is 4.38. The number of benzene rings is 1. The Morgan fingerprint density at radius 1 is 1.26 bits per heavy atom. The van der Waals surface area contributed by atoms with Crippen molar-refractivity contribution in [2.24, 2.45) is 5.73 Å². The number of nitrogens with zero attached hydrogens (tertiary/aromatic N) is 1. The summed E-state index contributed by atoms with van der Waals surface area (Å²) in [6.07, 6.45) is 4.77. The van der Waals surface area contributed by atoms with Gasteiger partial charge in [0, 0.05) is 12.1 Å². The standard InChI is InChI=1S/C17H28N2/c1-4-14-9-5-6-10-15(14)17-16(18)11-7-8-12-19(17)13(2)3/h5-6,9-10,13,16-17H,4,7-8,11-12,18H2,1-3H3. The van der Waals surface area contributed by atoms with Gasteiger partial charge in [-0.25, -0.2) is 0 Å². The molecule has 2 N–H and O–H groups in total. The van der Waals surface area contributed by atoms with Crippen molar-refractivity contribution in [3.8, 4) is 0 Å². The van der Waals surface area contributed by atoms with Gasteiger partial charge in [-0.05, 0) is 50.8 Å². The summed E-state index contributed by atoms with van der Waals surface area (Å²) >= 11 is 0. The van der Waals surface area contributed by atoms with Crippen LogP contribution in [-0.4, -0.2) is 23.5 Å². The van der Waals surface area contributed by atoms with E-state index in [1.54, 1.807) is 0 Å². The fourth-order valence-electron chi connectivity index (χ4n) is 3.35. The Balaban J connectivity index is 2.40. The lowest BCUT2D eigenvalue weighted by Crippen LogP contribution is -2.43. The highest BCUT2D eigenvalue weighted by atomic mass is 15.2. The molecule has 0 radical (unpaired) electrons. The van der Waals surface area contributed by atoms with Gasteiger partial charge >= 0.3 is 0 Å². The van der Waals surface area contributed by atoms with E-state index in [9.17, 15) is 0 Å². The Kier molecular flexibility index (Phi) is 5.00. The zero-order valence-electron chi connectivity index (χ0n) is 12.6. The molecule has 1 aliphatic heterocycles. The van der Waals surface area contributed by atoms with Gasteiger partial charge in [-0.15, -0.1) is 0 Å². The van der Waals surface area contributed by atoms with Gasteiger partial charge in [-0.2, -0.15) is 0 Å². The number of aryl methyl sites for hydroxylation is 1. The molecule has 1 fully saturated rings. The first-order valence-electron chi connectivity index (χ1n) is 7.74. The van der Waals surface area contributed by atoms with Gasteiger partial charge in [0.05, 0.1) is 6.04 Å². The minimum atomic E-state index is 0.262. The van der Waals surface area contributed by atoms with Crippen molar-refractivity contribution in [1.29, 1.82) is 0 Å². The molecule has 0 saturated carbocycles. The fourth-order valence-corrected chi connectivity index (χ4v) is 3.35. The molecule has 1 saturated heterocycles. The molecule has 1 aromatic carbocycles. The van der Waals surface area contributed by atoms with Crippen LogP contribution in [0, 0.1) is 0 Å². The smallest absolute Gasteiger partial charge is 0.0504 e. The van der Waals surface area contributed by atoms with E-state index in [2.05, 4.69) is 49.9 Å². The Morgan fingerprint density at radius 3 is 2.68 bits per heavy atom. The number of likely N-dealkylation sites (tertiary alicyclic amines) is 1. The molecule has 0 amide bonds. The van der Waals surface area contributed by atoms with Gasteiger partial charge in [0.1, 0.15) is 0 Å². The summed E-state index contributed by atoms with van der Waals surface area (Å²) in [5.74, 6) is 0. The van der Waals surface area contributed by atoms with Crippen LogP contribution in [0.5, 0.6) is 0 Å². The Labute approximate surface area is 118 Å². The highest BCUT2D eigenvalue weighted by Gasteiger charge is 2.31. The highest BCUT2D eigenvalue weighted by Crippen LogP contribution is 2.33. The molecule has 106 valence electrons. The topological polar surface area (TPSA) is 29.3 Å². The molecule has 0 aromatic heterocycles. The van der Waals surface area contributed by atoms with Crippen molar-refractivity contribution in [3.05, 3.63) is 35.4 Å². The molecular formula is C17H28N2. The molecule has 1 aromatic rings. The van der Waals surface area contributed by atoms with Crippen molar-refractivity contribution in [2.75, 3.05) is 6.54 Å². The van der Waals surface area contributed by atoms with Crippen molar-refractivity contribution >= 4 is 0 Å². The summed E-state index contributed by atoms with van der Waals surface area (Å²) in [6, 6.07) is 10.0. The predicted molar refractivity (Wildman–Crippen MR) is 82.2 cm³/mol. The first-order chi connectivity index (χ1) is 9.15. The van der Waals surface area contributed by atoms with Crippen molar-refractivity contribution in [2.45, 2.75) is 64.6 Å². The van der Waals surface area contributed by atoms with Gasteiger partial charge in [0.15, 0.2) is 0 Å². The molecule has 0 bridgehead atoms. The van der Waals surface area contributed by atoms with Crippen molar-refractivity contribution in [1.82, 2.24) is 4.90 Å². The second kappa shape index (κ2) is 6.53. The third kappa shape index (κ3) is 3.18. The number of nitrogens with two attached hydrogens (primary N) is 1. The van der Waals surface area contributed by atoms with Crippen LogP contribution in [-0.2, 0) is 6.42 Å². The van der Waals surface area contributed by atoms with E-state index in [0.29, 0.717) is 12.1 Å². The molecule has 0 aliphatic carbocycles. The summed E-state index contributed by atoms with van der Waals surface area (Å²) in [7, 11) is 0. The molecule has 1 heterocycles. The van der Waals surface area contributed by atoms with Crippen LogP contribution >= 0.6 is 0 Å². The van der Waals surface area contributed by atoms with Gasteiger partial charge in [-0.1, -0.05) is 37.6 Å². The minimum absolute atomic E-state index is 0.262. The summed E-state index contributed by atoms with van der Waals surface area (Å²) in [5.41, 5.74) is 9.43. The average Bonchev–Trinajstić information content (AvgIpc) is 2.60. The largest absolute Gasteiger partial charge is 0.326 e. The fraction of sp³-hybridized carbons (Fsp3) is 0.647. The SMILES string of the molecule is CCc1ccccc1C1C(N)CCCCN1C(C)C. The first kappa shape index (κ1) is 14.5. The number of hydrogen-bond acceptors (Lipinski definition) is 2. The van der Waals surface area contributed by atoms with E-state index in [4.69, 9.17) is 5.73 Å². The van der Waals surface area contributed by atoms with E-state index in [0.717, 1.165) is 12.8 Å². The number of hydrogen-bond donors (Lipinski definition) is 1. The highest BCUT2D eigenvalue weighted by molar-refractivity contribution is 5.31. The normalized spacial score (nSPS) is 25.5. The molecule has 2 heteroatoms.